The Labute approximate surface area is 88.8 Å². The smallest absolute Gasteiger partial charge is 0.129 e. The first kappa shape index (κ1) is 8.78. The van der Waals surface area contributed by atoms with Crippen molar-refractivity contribution in [3.63, 3.8) is 0 Å². The maximum absolute atomic E-state index is 5.85. The number of aromatic nitrogens is 1. The van der Waals surface area contributed by atoms with Crippen molar-refractivity contribution in [2.45, 2.75) is 0 Å². The first-order chi connectivity index (χ1) is 6.18. The largest absolute Gasteiger partial charge is 0.397 e. The van der Waals surface area contributed by atoms with Crippen molar-refractivity contribution in [1.82, 2.24) is 4.98 Å². The molecule has 2 rings (SSSR count). The molecule has 2 nitrogen and oxygen atoms in total. The number of hydrogen-bond donors (Lipinski definition) is 1. The highest BCUT2D eigenvalue weighted by atomic mass is 79.9. The van der Waals surface area contributed by atoms with Crippen LogP contribution >= 0.6 is 27.5 Å². The molecule has 0 aliphatic carbocycles. The van der Waals surface area contributed by atoms with Gasteiger partial charge in [0.05, 0.1) is 5.69 Å². The van der Waals surface area contributed by atoms with Crippen molar-refractivity contribution >= 4 is 44.0 Å². The quantitative estimate of drug-likeness (QED) is 0.581. The molecule has 1 heterocycles. The lowest BCUT2D eigenvalue weighted by Gasteiger charge is -2.03. The first-order valence-corrected chi connectivity index (χ1v) is 4.85. The average molecular weight is 258 g/mol. The molecule has 0 unspecified atom stereocenters. The van der Waals surface area contributed by atoms with E-state index in [9.17, 15) is 0 Å². The van der Waals surface area contributed by atoms with E-state index in [0.29, 0.717) is 10.8 Å². The van der Waals surface area contributed by atoms with Gasteiger partial charge in [-0.3, -0.25) is 0 Å². The normalized spacial score (nSPS) is 10.6. The molecule has 4 heteroatoms. The van der Waals surface area contributed by atoms with Gasteiger partial charge in [-0.05, 0) is 28.1 Å². The second kappa shape index (κ2) is 3.16. The van der Waals surface area contributed by atoms with Gasteiger partial charge >= 0.3 is 0 Å². The van der Waals surface area contributed by atoms with Gasteiger partial charge in [0, 0.05) is 21.4 Å². The van der Waals surface area contributed by atoms with Crippen LogP contribution in [0.4, 0.5) is 5.69 Å². The van der Waals surface area contributed by atoms with Gasteiger partial charge in [-0.25, -0.2) is 4.98 Å². The second-order valence-corrected chi connectivity index (χ2v) is 3.93. The zero-order valence-corrected chi connectivity index (χ0v) is 8.93. The molecule has 0 aliphatic heterocycles. The first-order valence-electron chi connectivity index (χ1n) is 3.68. The fourth-order valence-electron chi connectivity index (χ4n) is 1.19. The van der Waals surface area contributed by atoms with Crippen LogP contribution in [0, 0.1) is 0 Å². The lowest BCUT2D eigenvalue weighted by atomic mass is 10.1. The monoisotopic (exact) mass is 256 g/mol. The summed E-state index contributed by atoms with van der Waals surface area (Å²) in [5, 5.41) is 2.37. The Morgan fingerprint density at radius 1 is 1.38 bits per heavy atom. The summed E-state index contributed by atoms with van der Waals surface area (Å²) in [7, 11) is 0. The highest BCUT2D eigenvalue weighted by molar-refractivity contribution is 9.10. The summed E-state index contributed by atoms with van der Waals surface area (Å²) in [5.74, 6) is 0. The van der Waals surface area contributed by atoms with Gasteiger partial charge in [-0.2, -0.15) is 0 Å². The number of nitrogen functional groups attached to an aromatic ring is 1. The van der Waals surface area contributed by atoms with E-state index in [1.165, 1.54) is 0 Å². The molecule has 0 spiro atoms. The molecule has 0 radical (unpaired) electrons. The minimum absolute atomic E-state index is 0.456. The molecule has 2 aromatic rings. The number of anilines is 1. The molecule has 1 aromatic carbocycles. The topological polar surface area (TPSA) is 38.9 Å². The number of pyridine rings is 1. The third kappa shape index (κ3) is 1.49. The Bertz CT molecular complexity index is 465. The Balaban J connectivity index is 2.89. The van der Waals surface area contributed by atoms with Crippen LogP contribution < -0.4 is 5.73 Å². The summed E-state index contributed by atoms with van der Waals surface area (Å²) in [6.07, 6.45) is 1.71. The van der Waals surface area contributed by atoms with Crippen molar-refractivity contribution in [3.8, 4) is 0 Å². The number of nitrogens with two attached hydrogens (primary N) is 1. The summed E-state index contributed by atoms with van der Waals surface area (Å²) in [6, 6.07) is 5.60. The Morgan fingerprint density at radius 3 is 2.92 bits per heavy atom. The molecule has 1 aromatic heterocycles. The van der Waals surface area contributed by atoms with Gasteiger partial charge in [0.2, 0.25) is 0 Å². The zero-order chi connectivity index (χ0) is 9.42. The van der Waals surface area contributed by atoms with E-state index in [4.69, 9.17) is 17.3 Å². The molecule has 0 saturated carbocycles. The Morgan fingerprint density at radius 2 is 2.15 bits per heavy atom. The van der Waals surface area contributed by atoms with Crippen LogP contribution in [0.1, 0.15) is 0 Å². The van der Waals surface area contributed by atoms with E-state index < -0.39 is 0 Å². The summed E-state index contributed by atoms with van der Waals surface area (Å²) < 4.78 is 0.877. The molecule has 0 bridgehead atoms. The second-order valence-electron chi connectivity index (χ2n) is 2.69. The van der Waals surface area contributed by atoms with Crippen LogP contribution in [0.25, 0.3) is 10.8 Å². The number of nitrogens with zero attached hydrogens (tertiary/aromatic N) is 1. The van der Waals surface area contributed by atoms with E-state index in [1.807, 2.05) is 12.1 Å². The SMILES string of the molecule is Nc1c(Br)ccc2cnc(Cl)cc12. The lowest BCUT2D eigenvalue weighted by molar-refractivity contribution is 1.36. The van der Waals surface area contributed by atoms with Crippen LogP contribution in [-0.4, -0.2) is 4.98 Å². The van der Waals surface area contributed by atoms with Gasteiger partial charge < -0.3 is 5.73 Å². The maximum atomic E-state index is 5.85. The molecular formula is C9H6BrClN2. The lowest BCUT2D eigenvalue weighted by Crippen LogP contribution is -1.89. The third-order valence-corrected chi connectivity index (χ3v) is 2.76. The standard InChI is InChI=1S/C9H6BrClN2/c10-7-2-1-5-4-13-8(11)3-6(5)9(7)12/h1-4H,12H2. The van der Waals surface area contributed by atoms with Crippen LogP contribution in [-0.2, 0) is 0 Å². The minimum atomic E-state index is 0.456. The van der Waals surface area contributed by atoms with Crippen LogP contribution in [0.2, 0.25) is 5.15 Å². The molecule has 0 amide bonds. The van der Waals surface area contributed by atoms with Crippen molar-refractivity contribution in [2.24, 2.45) is 0 Å². The van der Waals surface area contributed by atoms with E-state index in [2.05, 4.69) is 20.9 Å². The summed E-state index contributed by atoms with van der Waals surface area (Å²) in [4.78, 5) is 3.97. The van der Waals surface area contributed by atoms with Crippen molar-refractivity contribution in [2.75, 3.05) is 5.73 Å². The summed E-state index contributed by atoms with van der Waals surface area (Å²) >= 11 is 9.11. The molecule has 0 saturated heterocycles. The number of halogens is 2. The van der Waals surface area contributed by atoms with Crippen LogP contribution in [0.5, 0.6) is 0 Å². The van der Waals surface area contributed by atoms with Crippen molar-refractivity contribution < 1.29 is 0 Å². The number of hydrogen-bond acceptors (Lipinski definition) is 2. The molecule has 0 fully saturated rings. The molecule has 0 atom stereocenters. The average Bonchev–Trinajstić information content (AvgIpc) is 2.12. The van der Waals surface area contributed by atoms with E-state index in [0.717, 1.165) is 15.2 Å². The van der Waals surface area contributed by atoms with E-state index >= 15 is 0 Å². The fourth-order valence-corrected chi connectivity index (χ4v) is 1.69. The maximum Gasteiger partial charge on any atom is 0.129 e. The Hall–Kier alpha value is -0.800. The summed E-state index contributed by atoms with van der Waals surface area (Å²) in [6.45, 7) is 0. The van der Waals surface area contributed by atoms with Gasteiger partial charge in [-0.1, -0.05) is 17.7 Å². The number of rotatable bonds is 0. The van der Waals surface area contributed by atoms with Gasteiger partial charge in [0.1, 0.15) is 5.15 Å². The number of benzene rings is 1. The zero-order valence-electron chi connectivity index (χ0n) is 6.59. The highest BCUT2D eigenvalue weighted by Crippen LogP contribution is 2.29. The summed E-state index contributed by atoms with van der Waals surface area (Å²) in [5.41, 5.74) is 6.55. The molecule has 0 aliphatic rings. The van der Waals surface area contributed by atoms with E-state index in [1.54, 1.807) is 12.3 Å². The van der Waals surface area contributed by atoms with Crippen LogP contribution in [0.15, 0.2) is 28.9 Å². The van der Waals surface area contributed by atoms with Crippen LogP contribution in [0.3, 0.4) is 0 Å². The van der Waals surface area contributed by atoms with Gasteiger partial charge in [0.25, 0.3) is 0 Å². The molecule has 13 heavy (non-hydrogen) atoms. The molecule has 66 valence electrons. The van der Waals surface area contributed by atoms with E-state index in [-0.39, 0.29) is 0 Å². The predicted octanol–water partition coefficient (Wildman–Crippen LogP) is 3.23. The minimum Gasteiger partial charge on any atom is -0.397 e. The number of fused-ring (bicyclic) bond motifs is 1. The predicted molar refractivity (Wildman–Crippen MR) is 58.9 cm³/mol. The van der Waals surface area contributed by atoms with Gasteiger partial charge in [0.15, 0.2) is 0 Å². The molecular weight excluding hydrogens is 251 g/mol. The van der Waals surface area contributed by atoms with Gasteiger partial charge in [-0.15, -0.1) is 0 Å². The van der Waals surface area contributed by atoms with Crippen molar-refractivity contribution in [1.29, 1.82) is 0 Å². The Kier molecular flexibility index (Phi) is 2.14. The highest BCUT2D eigenvalue weighted by Gasteiger charge is 2.02. The third-order valence-electron chi connectivity index (χ3n) is 1.86. The molecule has 2 N–H and O–H groups in total. The fraction of sp³-hybridized carbons (Fsp3) is 0. The van der Waals surface area contributed by atoms with Crippen molar-refractivity contribution in [3.05, 3.63) is 34.0 Å².